The first-order chi connectivity index (χ1) is 15.9. The largest absolute Gasteiger partial charge is 0.464 e. The maximum atomic E-state index is 14.2. The molecule has 0 aliphatic rings. The number of aliphatic hydroxyl groups is 1. The van der Waals surface area contributed by atoms with Crippen molar-refractivity contribution in [1.29, 1.82) is 0 Å². The molecule has 0 radical (unpaired) electrons. The number of rotatable bonds is 6. The SMILES string of the molecule is COC(=O)c1ccc(Oc2ccc(Cl)c(C(C)C(O)(c3ccc(C)c(Cl)c3)C(F)(F)F)c2)nn1. The topological polar surface area (TPSA) is 81.5 Å². The van der Waals surface area contributed by atoms with Gasteiger partial charge in [0.15, 0.2) is 11.3 Å². The van der Waals surface area contributed by atoms with E-state index in [4.69, 9.17) is 27.9 Å². The van der Waals surface area contributed by atoms with Gasteiger partial charge in [0, 0.05) is 22.0 Å². The fourth-order valence-electron chi connectivity index (χ4n) is 3.34. The van der Waals surface area contributed by atoms with E-state index in [1.165, 1.54) is 56.5 Å². The second kappa shape index (κ2) is 9.77. The number of hydrogen-bond acceptors (Lipinski definition) is 6. The van der Waals surface area contributed by atoms with E-state index in [2.05, 4.69) is 14.9 Å². The molecule has 3 aromatic rings. The van der Waals surface area contributed by atoms with Gasteiger partial charge in [0.2, 0.25) is 5.88 Å². The number of hydrogen-bond donors (Lipinski definition) is 1. The van der Waals surface area contributed by atoms with Crippen molar-refractivity contribution in [2.45, 2.75) is 31.5 Å². The number of methoxy groups -OCH3 is 1. The number of ether oxygens (including phenoxy) is 2. The predicted molar refractivity (Wildman–Crippen MR) is 119 cm³/mol. The Morgan fingerprint density at radius 2 is 1.74 bits per heavy atom. The van der Waals surface area contributed by atoms with Crippen LogP contribution in [0.1, 0.15) is 40.0 Å². The van der Waals surface area contributed by atoms with Gasteiger partial charge in [0.25, 0.3) is 0 Å². The third-order valence-electron chi connectivity index (χ3n) is 5.36. The lowest BCUT2D eigenvalue weighted by molar-refractivity contribution is -0.274. The van der Waals surface area contributed by atoms with Crippen molar-refractivity contribution >= 4 is 29.2 Å². The Morgan fingerprint density at radius 3 is 2.29 bits per heavy atom. The Balaban J connectivity index is 1.99. The molecule has 3 rings (SSSR count). The highest BCUT2D eigenvalue weighted by molar-refractivity contribution is 6.31. The van der Waals surface area contributed by atoms with Gasteiger partial charge >= 0.3 is 12.1 Å². The number of alkyl halides is 3. The zero-order valence-corrected chi connectivity index (χ0v) is 19.7. The number of benzene rings is 2. The minimum absolute atomic E-state index is 0.00661. The Hall–Kier alpha value is -2.88. The normalized spacial score (nSPS) is 14.3. The van der Waals surface area contributed by atoms with Crippen molar-refractivity contribution in [1.82, 2.24) is 10.2 Å². The van der Waals surface area contributed by atoms with Gasteiger partial charge in [-0.1, -0.05) is 42.3 Å². The number of carbonyl (C=O) groups excluding carboxylic acids is 1. The van der Waals surface area contributed by atoms with Crippen LogP contribution in [0.2, 0.25) is 10.0 Å². The summed E-state index contributed by atoms with van der Waals surface area (Å²) in [5, 5.41) is 18.5. The summed E-state index contributed by atoms with van der Waals surface area (Å²) in [6.45, 7) is 2.84. The number of carbonyl (C=O) groups is 1. The van der Waals surface area contributed by atoms with Crippen LogP contribution in [0.25, 0.3) is 0 Å². The van der Waals surface area contributed by atoms with Crippen molar-refractivity contribution in [3.8, 4) is 11.6 Å². The van der Waals surface area contributed by atoms with Gasteiger partial charge < -0.3 is 14.6 Å². The van der Waals surface area contributed by atoms with Crippen LogP contribution in [0.15, 0.2) is 48.5 Å². The highest BCUT2D eigenvalue weighted by Gasteiger charge is 2.59. The van der Waals surface area contributed by atoms with Crippen molar-refractivity contribution in [2.75, 3.05) is 7.11 Å². The number of nitrogens with zero attached hydrogens (tertiary/aromatic N) is 2. The molecule has 0 amide bonds. The molecular formula is C23H19Cl2F3N2O4. The van der Waals surface area contributed by atoms with E-state index < -0.39 is 29.2 Å². The van der Waals surface area contributed by atoms with Crippen molar-refractivity contribution in [3.05, 3.63) is 81.0 Å². The summed E-state index contributed by atoms with van der Waals surface area (Å²) in [7, 11) is 1.19. The number of esters is 1. The maximum Gasteiger partial charge on any atom is 0.422 e. The average molecular weight is 515 g/mol. The van der Waals surface area contributed by atoms with Gasteiger partial charge in [-0.25, -0.2) is 4.79 Å². The summed E-state index contributed by atoms with van der Waals surface area (Å²) in [4.78, 5) is 11.5. The molecule has 0 saturated heterocycles. The predicted octanol–water partition coefficient (Wildman–Crippen LogP) is 6.22. The van der Waals surface area contributed by atoms with E-state index in [9.17, 15) is 23.1 Å². The lowest BCUT2D eigenvalue weighted by Gasteiger charge is -2.37. The minimum Gasteiger partial charge on any atom is -0.464 e. The molecule has 2 unspecified atom stereocenters. The molecule has 6 nitrogen and oxygen atoms in total. The molecule has 0 saturated carbocycles. The molecule has 1 aromatic heterocycles. The first kappa shape index (κ1) is 25.7. The molecule has 1 heterocycles. The molecule has 2 aromatic carbocycles. The molecule has 0 fully saturated rings. The second-order valence-electron chi connectivity index (χ2n) is 7.48. The molecule has 0 aliphatic carbocycles. The highest BCUT2D eigenvalue weighted by Crippen LogP contribution is 2.50. The lowest BCUT2D eigenvalue weighted by Crippen LogP contribution is -2.46. The lowest BCUT2D eigenvalue weighted by atomic mass is 9.77. The van der Waals surface area contributed by atoms with Crippen LogP contribution in [0.4, 0.5) is 13.2 Å². The van der Waals surface area contributed by atoms with Gasteiger partial charge in [-0.15, -0.1) is 10.2 Å². The zero-order valence-electron chi connectivity index (χ0n) is 18.2. The molecule has 1 N–H and O–H groups in total. The fraction of sp³-hybridized carbons (Fsp3) is 0.261. The highest BCUT2D eigenvalue weighted by atomic mass is 35.5. The van der Waals surface area contributed by atoms with Crippen LogP contribution in [0.3, 0.4) is 0 Å². The summed E-state index contributed by atoms with van der Waals surface area (Å²) >= 11 is 12.3. The summed E-state index contributed by atoms with van der Waals surface area (Å²) in [6, 6.07) is 10.4. The number of aromatic nitrogens is 2. The minimum atomic E-state index is -5.06. The number of aryl methyl sites for hydroxylation is 1. The van der Waals surface area contributed by atoms with E-state index in [0.29, 0.717) is 5.56 Å². The Morgan fingerprint density at radius 1 is 1.03 bits per heavy atom. The quantitative estimate of drug-likeness (QED) is 0.393. The maximum absolute atomic E-state index is 14.2. The van der Waals surface area contributed by atoms with E-state index in [1.807, 2.05) is 0 Å². The van der Waals surface area contributed by atoms with E-state index in [0.717, 1.165) is 6.07 Å². The second-order valence-corrected chi connectivity index (χ2v) is 8.30. The van der Waals surface area contributed by atoms with Gasteiger partial charge in [-0.3, -0.25) is 0 Å². The van der Waals surface area contributed by atoms with Gasteiger partial charge in [0.1, 0.15) is 5.75 Å². The van der Waals surface area contributed by atoms with Crippen LogP contribution in [-0.4, -0.2) is 34.6 Å². The van der Waals surface area contributed by atoms with Crippen LogP contribution in [0, 0.1) is 6.92 Å². The Labute approximate surface area is 203 Å². The van der Waals surface area contributed by atoms with Gasteiger partial charge in [-0.2, -0.15) is 13.2 Å². The van der Waals surface area contributed by atoms with Crippen molar-refractivity contribution in [2.24, 2.45) is 0 Å². The zero-order chi connectivity index (χ0) is 25.3. The third-order valence-corrected chi connectivity index (χ3v) is 6.11. The first-order valence-electron chi connectivity index (χ1n) is 9.83. The molecule has 180 valence electrons. The molecule has 34 heavy (non-hydrogen) atoms. The van der Waals surface area contributed by atoms with Crippen molar-refractivity contribution in [3.63, 3.8) is 0 Å². The summed E-state index contributed by atoms with van der Waals surface area (Å²) in [5.41, 5.74) is -3.22. The summed E-state index contributed by atoms with van der Waals surface area (Å²) in [6.07, 6.45) is -5.06. The molecule has 2 atom stereocenters. The Bertz CT molecular complexity index is 1210. The molecule has 0 spiro atoms. The summed E-state index contributed by atoms with van der Waals surface area (Å²) < 4.78 is 52.8. The number of halogens is 5. The van der Waals surface area contributed by atoms with Crippen LogP contribution in [-0.2, 0) is 10.3 Å². The fourth-order valence-corrected chi connectivity index (χ4v) is 3.80. The van der Waals surface area contributed by atoms with Gasteiger partial charge in [0.05, 0.1) is 7.11 Å². The molecule has 0 aliphatic heterocycles. The van der Waals surface area contributed by atoms with Gasteiger partial charge in [-0.05, 0) is 53.9 Å². The Kier molecular flexibility index (Phi) is 7.40. The van der Waals surface area contributed by atoms with Crippen LogP contribution in [0.5, 0.6) is 11.6 Å². The van der Waals surface area contributed by atoms with E-state index in [-0.39, 0.29) is 32.9 Å². The molecule has 11 heteroatoms. The standard InChI is InChI=1S/C23H19Cl2F3N2O4/c1-12-4-5-14(10-18(12)25)22(32,23(26,27)28)13(2)16-11-15(6-7-17(16)24)34-20-9-8-19(29-30-20)21(31)33-3/h4-11,13,32H,1-3H3. The third kappa shape index (κ3) is 4.96. The monoisotopic (exact) mass is 514 g/mol. The molecular weight excluding hydrogens is 496 g/mol. The summed E-state index contributed by atoms with van der Waals surface area (Å²) in [5.74, 6) is -2.16. The average Bonchev–Trinajstić information content (AvgIpc) is 2.80. The molecule has 0 bridgehead atoms. The van der Waals surface area contributed by atoms with Crippen LogP contribution >= 0.6 is 23.2 Å². The van der Waals surface area contributed by atoms with Crippen LogP contribution < -0.4 is 4.74 Å². The van der Waals surface area contributed by atoms with E-state index >= 15 is 0 Å². The smallest absolute Gasteiger partial charge is 0.422 e. The van der Waals surface area contributed by atoms with Crippen molar-refractivity contribution < 1.29 is 32.5 Å². The first-order valence-corrected chi connectivity index (χ1v) is 10.6. The van der Waals surface area contributed by atoms with E-state index in [1.54, 1.807) is 6.92 Å².